The van der Waals surface area contributed by atoms with Gasteiger partial charge in [-0.2, -0.15) is 0 Å². The van der Waals surface area contributed by atoms with E-state index in [4.69, 9.17) is 4.74 Å². The van der Waals surface area contributed by atoms with Crippen LogP contribution in [0.15, 0.2) is 84.9 Å². The van der Waals surface area contributed by atoms with E-state index in [9.17, 15) is 19.8 Å². The topological polar surface area (TPSA) is 95.9 Å². The Morgan fingerprint density at radius 1 is 0.895 bits per heavy atom. The summed E-state index contributed by atoms with van der Waals surface area (Å²) in [6, 6.07) is 24.1. The molecule has 6 rings (SSSR count). The van der Waals surface area contributed by atoms with E-state index in [-0.39, 0.29) is 40.7 Å². The van der Waals surface area contributed by atoms with Gasteiger partial charge in [-0.3, -0.25) is 4.79 Å². The van der Waals surface area contributed by atoms with Crippen molar-refractivity contribution in [2.24, 2.45) is 5.92 Å². The lowest BCUT2D eigenvalue weighted by atomic mass is 9.82. The van der Waals surface area contributed by atoms with Crippen molar-refractivity contribution < 1.29 is 46.0 Å². The number of hydrogen-bond acceptors (Lipinski definition) is 5. The average molecular weight is 582 g/mol. The summed E-state index contributed by atoms with van der Waals surface area (Å²) in [7, 11) is 0. The zero-order chi connectivity index (χ0) is 25.9. The number of carbonyl (C=O) groups is 2. The van der Waals surface area contributed by atoms with Gasteiger partial charge in [-0.05, 0) is 35.4 Å². The molecular formula is C30H33BrN2O5. The van der Waals surface area contributed by atoms with Gasteiger partial charge < -0.3 is 41.7 Å². The van der Waals surface area contributed by atoms with Crippen LogP contribution in [0.5, 0.6) is 5.75 Å². The van der Waals surface area contributed by atoms with Crippen LogP contribution in [-0.4, -0.2) is 65.4 Å². The molecule has 3 aliphatic heterocycles. The molecule has 0 saturated carbocycles. The van der Waals surface area contributed by atoms with E-state index in [0.29, 0.717) is 29.8 Å². The highest BCUT2D eigenvalue weighted by molar-refractivity contribution is 5.94. The van der Waals surface area contributed by atoms with E-state index in [1.54, 1.807) is 60.7 Å². The van der Waals surface area contributed by atoms with E-state index in [1.807, 2.05) is 12.1 Å². The van der Waals surface area contributed by atoms with E-state index >= 15 is 0 Å². The van der Waals surface area contributed by atoms with Crippen LogP contribution < -0.4 is 22.3 Å². The first-order chi connectivity index (χ1) is 17.9. The maximum absolute atomic E-state index is 13.6. The van der Waals surface area contributed by atoms with E-state index < -0.39 is 11.6 Å². The van der Waals surface area contributed by atoms with Crippen molar-refractivity contribution in [3.05, 3.63) is 102 Å². The van der Waals surface area contributed by atoms with Crippen LogP contribution in [0, 0.1) is 5.92 Å². The number of quaternary nitrogens is 1. The second kappa shape index (κ2) is 11.7. The Kier molecular flexibility index (Phi) is 8.55. The number of rotatable bonds is 8. The molecule has 200 valence electrons. The first kappa shape index (κ1) is 27.8. The summed E-state index contributed by atoms with van der Waals surface area (Å²) in [4.78, 5) is 26.1. The first-order valence-electron chi connectivity index (χ1n) is 12.9. The Hall–Kier alpha value is -3.20. The van der Waals surface area contributed by atoms with Crippen molar-refractivity contribution in [1.82, 2.24) is 5.32 Å². The molecule has 38 heavy (non-hydrogen) atoms. The molecule has 3 heterocycles. The molecule has 2 bridgehead atoms. The molecule has 1 atom stereocenters. The number of esters is 1. The standard InChI is InChI=1S/C30H32N2O5.BrH/c33-26-13-11-23(12-14-26)28(34)31-17-20-32-18-15-22(16-19-32)27(21-32)37-29(35)30(36,24-7-3-1-4-8-24)25-9-5-2-6-10-25;/h1-14,22,27,36H,15-21H2,(H-,31,33,34);1H/t22?,27-,32?;/m0./s1. The summed E-state index contributed by atoms with van der Waals surface area (Å²) >= 11 is 0. The second-order valence-electron chi connectivity index (χ2n) is 10.2. The molecule has 0 radical (unpaired) electrons. The number of benzene rings is 3. The van der Waals surface area contributed by atoms with Gasteiger partial charge in [0.15, 0.2) is 6.10 Å². The molecule has 3 saturated heterocycles. The van der Waals surface area contributed by atoms with Crippen LogP contribution in [0.2, 0.25) is 0 Å². The Bertz CT molecular complexity index is 1190. The van der Waals surface area contributed by atoms with E-state index in [2.05, 4.69) is 5.32 Å². The van der Waals surface area contributed by atoms with Crippen LogP contribution >= 0.6 is 0 Å². The monoisotopic (exact) mass is 580 g/mol. The minimum Gasteiger partial charge on any atom is -1.00 e. The lowest BCUT2D eigenvalue weighted by molar-refractivity contribution is -0.945. The highest BCUT2D eigenvalue weighted by atomic mass is 79.9. The van der Waals surface area contributed by atoms with Gasteiger partial charge in [0.25, 0.3) is 5.91 Å². The minimum atomic E-state index is -1.89. The molecule has 3 fully saturated rings. The van der Waals surface area contributed by atoms with Crippen LogP contribution in [0.3, 0.4) is 0 Å². The third kappa shape index (κ3) is 5.62. The number of halogens is 1. The number of fused-ring (bicyclic) bond motifs is 3. The highest BCUT2D eigenvalue weighted by Gasteiger charge is 2.50. The maximum atomic E-state index is 13.6. The lowest BCUT2D eigenvalue weighted by Gasteiger charge is -2.52. The predicted octanol–water partition coefficient (Wildman–Crippen LogP) is 0.214. The normalized spacial score (nSPS) is 22.2. The number of phenolic OH excluding ortho intramolecular Hbond substituents is 1. The molecule has 0 aromatic heterocycles. The summed E-state index contributed by atoms with van der Waals surface area (Å²) < 4.78 is 6.89. The number of hydrogen-bond donors (Lipinski definition) is 3. The number of ether oxygens (including phenoxy) is 1. The average Bonchev–Trinajstić information content (AvgIpc) is 2.94. The number of amides is 1. The van der Waals surface area contributed by atoms with Crippen molar-refractivity contribution in [1.29, 1.82) is 0 Å². The number of aliphatic hydroxyl groups is 1. The number of carbonyl (C=O) groups excluding carboxylic acids is 2. The van der Waals surface area contributed by atoms with Crippen molar-refractivity contribution in [3.63, 3.8) is 0 Å². The molecule has 7 nitrogen and oxygen atoms in total. The summed E-state index contributed by atoms with van der Waals surface area (Å²) in [6.07, 6.45) is 1.60. The summed E-state index contributed by atoms with van der Waals surface area (Å²) in [5.74, 6) is -0.435. The fourth-order valence-electron chi connectivity index (χ4n) is 5.77. The smallest absolute Gasteiger partial charge is 0.348 e. The Morgan fingerprint density at radius 3 is 2.00 bits per heavy atom. The molecule has 3 aromatic rings. The van der Waals surface area contributed by atoms with Crippen molar-refractivity contribution in [2.75, 3.05) is 32.7 Å². The van der Waals surface area contributed by atoms with Gasteiger partial charge in [-0.25, -0.2) is 4.79 Å². The molecule has 8 heteroatoms. The number of phenols is 1. The highest BCUT2D eigenvalue weighted by Crippen LogP contribution is 2.38. The Labute approximate surface area is 233 Å². The number of piperidine rings is 3. The molecule has 0 aliphatic carbocycles. The summed E-state index contributed by atoms with van der Waals surface area (Å²) in [5.41, 5.74) is -0.429. The van der Waals surface area contributed by atoms with Gasteiger partial charge in [0, 0.05) is 24.3 Å². The zero-order valence-corrected chi connectivity index (χ0v) is 22.7. The van der Waals surface area contributed by atoms with E-state index in [0.717, 1.165) is 37.0 Å². The minimum absolute atomic E-state index is 0. The van der Waals surface area contributed by atoms with Crippen LogP contribution in [-0.2, 0) is 15.1 Å². The molecule has 0 spiro atoms. The number of nitrogens with one attached hydrogen (secondary N) is 1. The van der Waals surface area contributed by atoms with Gasteiger partial charge in [0.05, 0.1) is 26.2 Å². The second-order valence-corrected chi connectivity index (χ2v) is 10.2. The Morgan fingerprint density at radius 2 is 1.45 bits per heavy atom. The van der Waals surface area contributed by atoms with E-state index in [1.165, 1.54) is 12.1 Å². The van der Waals surface area contributed by atoms with Gasteiger partial charge in [-0.1, -0.05) is 60.7 Å². The predicted molar refractivity (Wildman–Crippen MR) is 139 cm³/mol. The van der Waals surface area contributed by atoms with Gasteiger partial charge in [0.1, 0.15) is 12.3 Å². The van der Waals surface area contributed by atoms with Gasteiger partial charge in [0.2, 0.25) is 5.60 Å². The van der Waals surface area contributed by atoms with Gasteiger partial charge >= 0.3 is 5.97 Å². The van der Waals surface area contributed by atoms with Crippen molar-refractivity contribution in [3.8, 4) is 5.75 Å². The van der Waals surface area contributed by atoms with Crippen molar-refractivity contribution in [2.45, 2.75) is 24.5 Å². The fourth-order valence-corrected chi connectivity index (χ4v) is 5.77. The summed E-state index contributed by atoms with van der Waals surface area (Å²) in [5, 5.41) is 24.2. The molecule has 3 aromatic carbocycles. The molecule has 3 N–H and O–H groups in total. The molecule has 1 amide bonds. The van der Waals surface area contributed by atoms with Crippen LogP contribution in [0.1, 0.15) is 34.3 Å². The largest absolute Gasteiger partial charge is 1.00 e. The number of nitrogens with zero attached hydrogens (tertiary/aromatic N) is 1. The quantitative estimate of drug-likeness (QED) is 0.262. The number of aromatic hydroxyl groups is 1. The molecule has 3 aliphatic rings. The SMILES string of the molecule is O=C(NCC[N+]12CCC(CC1)[C@@H](OC(=O)C(O)(c1ccccc1)c1ccccc1)C2)c1ccc(O)cc1.[Br-]. The molecular weight excluding hydrogens is 548 g/mol. The lowest BCUT2D eigenvalue weighted by Crippen LogP contribution is -3.00. The van der Waals surface area contributed by atoms with Crippen molar-refractivity contribution >= 4 is 11.9 Å². The Balaban J connectivity index is 0.00000336. The molecule has 0 unspecified atom stereocenters. The fraction of sp³-hybridized carbons (Fsp3) is 0.333. The van der Waals surface area contributed by atoms with Crippen LogP contribution in [0.4, 0.5) is 0 Å². The maximum Gasteiger partial charge on any atom is 0.348 e. The summed E-state index contributed by atoms with van der Waals surface area (Å²) in [6.45, 7) is 3.88. The third-order valence-corrected chi connectivity index (χ3v) is 7.98. The zero-order valence-electron chi connectivity index (χ0n) is 21.1. The van der Waals surface area contributed by atoms with Gasteiger partial charge in [-0.15, -0.1) is 0 Å². The third-order valence-electron chi connectivity index (χ3n) is 7.98. The first-order valence-corrected chi connectivity index (χ1v) is 12.9. The van der Waals surface area contributed by atoms with Crippen LogP contribution in [0.25, 0.3) is 0 Å².